The number of halogens is 1. The van der Waals surface area contributed by atoms with Gasteiger partial charge >= 0.3 is 0 Å². The molecule has 0 bridgehead atoms. The number of carbonyl (C=O) groups is 1. The third kappa shape index (κ3) is 3.07. The zero-order valence-corrected chi connectivity index (χ0v) is 14.1. The van der Waals surface area contributed by atoms with Crippen molar-refractivity contribution >= 4 is 27.5 Å². The second-order valence-electron chi connectivity index (χ2n) is 5.54. The topological polar surface area (TPSA) is 55.2 Å². The van der Waals surface area contributed by atoms with E-state index in [1.165, 1.54) is 39.3 Å². The molecule has 0 spiro atoms. The number of amides is 1. The van der Waals surface area contributed by atoms with Crippen molar-refractivity contribution in [3.63, 3.8) is 0 Å². The lowest BCUT2D eigenvalue weighted by Gasteiger charge is -2.25. The molecule has 1 amide bonds. The van der Waals surface area contributed by atoms with Crippen molar-refractivity contribution in [2.24, 2.45) is 0 Å². The molecule has 1 atom stereocenters. The molecule has 2 heterocycles. The van der Waals surface area contributed by atoms with Crippen LogP contribution in [0.25, 0.3) is 10.2 Å². The average molecular weight is 345 g/mol. The molecule has 0 aliphatic heterocycles. The van der Waals surface area contributed by atoms with Gasteiger partial charge in [0.1, 0.15) is 17.1 Å². The van der Waals surface area contributed by atoms with Crippen LogP contribution >= 0.6 is 11.3 Å². The molecule has 0 saturated carbocycles. The normalized spacial score (nSPS) is 12.3. The van der Waals surface area contributed by atoms with Gasteiger partial charge in [-0.25, -0.2) is 9.37 Å². The molecule has 0 N–H and O–H groups in total. The number of nitrogens with zero attached hydrogens (tertiary/aromatic N) is 3. The van der Waals surface area contributed by atoms with Gasteiger partial charge in [-0.05, 0) is 36.1 Å². The van der Waals surface area contributed by atoms with E-state index in [0.29, 0.717) is 10.2 Å². The fourth-order valence-electron chi connectivity index (χ4n) is 2.43. The highest BCUT2D eigenvalue weighted by Crippen LogP contribution is 2.19. The van der Waals surface area contributed by atoms with E-state index in [4.69, 9.17) is 0 Å². The maximum atomic E-state index is 13.0. The van der Waals surface area contributed by atoms with E-state index in [-0.39, 0.29) is 29.9 Å². The lowest BCUT2D eigenvalue weighted by Crippen LogP contribution is -2.35. The first-order valence-corrected chi connectivity index (χ1v) is 8.29. The summed E-state index contributed by atoms with van der Waals surface area (Å²) in [6.45, 7) is 1.77. The third-order valence-electron chi connectivity index (χ3n) is 4.07. The Morgan fingerprint density at radius 2 is 2.04 bits per heavy atom. The quantitative estimate of drug-likeness (QED) is 0.731. The van der Waals surface area contributed by atoms with Gasteiger partial charge in [0, 0.05) is 7.05 Å². The van der Waals surface area contributed by atoms with Crippen molar-refractivity contribution in [3.8, 4) is 0 Å². The number of hydrogen-bond donors (Lipinski definition) is 0. The average Bonchev–Trinajstić information content (AvgIpc) is 3.06. The predicted molar refractivity (Wildman–Crippen MR) is 91.5 cm³/mol. The molecule has 124 valence electrons. The van der Waals surface area contributed by atoms with E-state index < -0.39 is 0 Å². The predicted octanol–water partition coefficient (Wildman–Crippen LogP) is 2.82. The van der Waals surface area contributed by atoms with Crippen molar-refractivity contribution in [3.05, 3.63) is 63.8 Å². The molecule has 1 unspecified atom stereocenters. The Morgan fingerprint density at radius 1 is 1.33 bits per heavy atom. The molecular weight excluding hydrogens is 329 g/mol. The molecule has 0 aliphatic rings. The standard InChI is InChI=1S/C17H16FN3O2S/c1-11(12-3-5-13(18)6-4-12)20(2)15(22)9-21-10-19-14-7-8-24-16(14)17(21)23/h3-8,10-11H,9H2,1-2H3. The SMILES string of the molecule is CC(c1ccc(F)cc1)N(C)C(=O)Cn1cnc2ccsc2c1=O. The van der Waals surface area contributed by atoms with Crippen LogP contribution in [-0.2, 0) is 11.3 Å². The smallest absolute Gasteiger partial charge is 0.271 e. The number of thiophene rings is 1. The maximum absolute atomic E-state index is 13.0. The number of aromatic nitrogens is 2. The molecule has 5 nitrogen and oxygen atoms in total. The molecule has 0 radical (unpaired) electrons. The van der Waals surface area contributed by atoms with Gasteiger partial charge in [0.15, 0.2) is 0 Å². The first-order chi connectivity index (χ1) is 11.5. The number of rotatable bonds is 4. The lowest BCUT2D eigenvalue weighted by molar-refractivity contribution is -0.132. The maximum Gasteiger partial charge on any atom is 0.271 e. The Labute approximate surface area is 142 Å². The molecule has 0 saturated heterocycles. The zero-order chi connectivity index (χ0) is 17.3. The van der Waals surface area contributed by atoms with Crippen LogP contribution in [0.4, 0.5) is 4.39 Å². The second-order valence-corrected chi connectivity index (χ2v) is 6.46. The number of benzene rings is 1. The minimum atomic E-state index is -0.318. The second kappa shape index (κ2) is 6.52. The van der Waals surface area contributed by atoms with Gasteiger partial charge in [0.2, 0.25) is 5.91 Å². The molecule has 1 aromatic carbocycles. The van der Waals surface area contributed by atoms with Crippen LogP contribution in [0.15, 0.2) is 46.8 Å². The molecule has 0 fully saturated rings. The highest BCUT2D eigenvalue weighted by molar-refractivity contribution is 7.17. The lowest BCUT2D eigenvalue weighted by atomic mass is 10.1. The summed E-state index contributed by atoms with van der Waals surface area (Å²) in [7, 11) is 1.67. The summed E-state index contributed by atoms with van der Waals surface area (Å²) in [4.78, 5) is 30.6. The summed E-state index contributed by atoms with van der Waals surface area (Å²) >= 11 is 1.31. The largest absolute Gasteiger partial charge is 0.337 e. The van der Waals surface area contributed by atoms with E-state index in [1.54, 1.807) is 30.6 Å². The van der Waals surface area contributed by atoms with Crippen LogP contribution in [0.1, 0.15) is 18.5 Å². The molecule has 3 aromatic rings. The van der Waals surface area contributed by atoms with E-state index in [9.17, 15) is 14.0 Å². The van der Waals surface area contributed by atoms with Gasteiger partial charge in [0.05, 0.1) is 17.9 Å². The fraction of sp³-hybridized carbons (Fsp3) is 0.235. The monoisotopic (exact) mass is 345 g/mol. The minimum Gasteiger partial charge on any atom is -0.337 e. The van der Waals surface area contributed by atoms with Crippen LogP contribution in [0, 0.1) is 5.82 Å². The van der Waals surface area contributed by atoms with Crippen LogP contribution in [0.5, 0.6) is 0 Å². The van der Waals surface area contributed by atoms with Gasteiger partial charge in [-0.1, -0.05) is 12.1 Å². The van der Waals surface area contributed by atoms with Crippen LogP contribution in [-0.4, -0.2) is 27.4 Å². The number of likely N-dealkylation sites (N-methyl/N-ethyl adjacent to an activating group) is 1. The Hall–Kier alpha value is -2.54. The summed E-state index contributed by atoms with van der Waals surface area (Å²) in [5.74, 6) is -0.534. The number of hydrogen-bond acceptors (Lipinski definition) is 4. The summed E-state index contributed by atoms with van der Waals surface area (Å²) in [6.07, 6.45) is 1.39. The Kier molecular flexibility index (Phi) is 4.44. The van der Waals surface area contributed by atoms with Gasteiger partial charge in [-0.15, -0.1) is 11.3 Å². The summed E-state index contributed by atoms with van der Waals surface area (Å²) in [5.41, 5.74) is 1.25. The molecule has 3 rings (SSSR count). The van der Waals surface area contributed by atoms with Gasteiger partial charge in [-0.2, -0.15) is 0 Å². The molecule has 7 heteroatoms. The van der Waals surface area contributed by atoms with Crippen LogP contribution < -0.4 is 5.56 Å². The summed E-state index contributed by atoms with van der Waals surface area (Å²) in [6, 6.07) is 7.57. The first-order valence-electron chi connectivity index (χ1n) is 7.41. The molecule has 24 heavy (non-hydrogen) atoms. The molecule has 0 aliphatic carbocycles. The van der Waals surface area contributed by atoms with Crippen LogP contribution in [0.2, 0.25) is 0 Å². The van der Waals surface area contributed by atoms with Crippen molar-refractivity contribution < 1.29 is 9.18 Å². The van der Waals surface area contributed by atoms with E-state index in [0.717, 1.165) is 5.56 Å². The van der Waals surface area contributed by atoms with Crippen molar-refractivity contribution in [1.29, 1.82) is 0 Å². The van der Waals surface area contributed by atoms with Crippen molar-refractivity contribution in [2.75, 3.05) is 7.05 Å². The van der Waals surface area contributed by atoms with Crippen LogP contribution in [0.3, 0.4) is 0 Å². The summed E-state index contributed by atoms with van der Waals surface area (Å²) in [5, 5.41) is 1.80. The van der Waals surface area contributed by atoms with Gasteiger partial charge in [-0.3, -0.25) is 14.2 Å². The van der Waals surface area contributed by atoms with Crippen molar-refractivity contribution in [1.82, 2.24) is 14.5 Å². The van der Waals surface area contributed by atoms with Crippen molar-refractivity contribution in [2.45, 2.75) is 19.5 Å². The Bertz CT molecular complexity index is 933. The number of carbonyl (C=O) groups excluding carboxylic acids is 1. The number of fused-ring (bicyclic) bond motifs is 1. The zero-order valence-electron chi connectivity index (χ0n) is 13.3. The van der Waals surface area contributed by atoms with E-state index in [2.05, 4.69) is 4.98 Å². The van der Waals surface area contributed by atoms with Gasteiger partial charge < -0.3 is 4.90 Å². The Morgan fingerprint density at radius 3 is 2.75 bits per heavy atom. The van der Waals surface area contributed by atoms with E-state index in [1.807, 2.05) is 6.92 Å². The van der Waals surface area contributed by atoms with Gasteiger partial charge in [0.25, 0.3) is 5.56 Å². The van der Waals surface area contributed by atoms with E-state index >= 15 is 0 Å². The minimum absolute atomic E-state index is 0.0816. The summed E-state index contributed by atoms with van der Waals surface area (Å²) < 4.78 is 14.9. The first kappa shape index (κ1) is 16.3. The molecule has 2 aromatic heterocycles. The highest BCUT2D eigenvalue weighted by Gasteiger charge is 2.18. The fourth-order valence-corrected chi connectivity index (χ4v) is 3.22. The molecular formula is C17H16FN3O2S. The third-order valence-corrected chi connectivity index (χ3v) is 4.96. The Balaban J connectivity index is 1.79. The highest BCUT2D eigenvalue weighted by atomic mass is 32.1.